The van der Waals surface area contributed by atoms with E-state index in [2.05, 4.69) is 10.3 Å². The Morgan fingerprint density at radius 3 is 2.78 bits per heavy atom. The Hall–Kier alpha value is -1.91. The van der Waals surface area contributed by atoms with Gasteiger partial charge in [0.1, 0.15) is 0 Å². The van der Waals surface area contributed by atoms with Crippen LogP contribution in [0.5, 0.6) is 0 Å². The largest absolute Gasteiger partial charge is 0.481 e. The predicted molar refractivity (Wildman–Crippen MR) is 66.1 cm³/mol. The van der Waals surface area contributed by atoms with Crippen LogP contribution < -0.4 is 5.32 Å². The standard InChI is InChI=1S/C13H16N2O3/c1-8-5-6-14-7-11(8)15-12(16)9-3-2-4-10(9)13(17)18/h5-7,9-10H,2-4H2,1H3,(H,15,16)(H,17,18)/t9-,10+/m1/s1. The molecule has 0 unspecified atom stereocenters. The molecule has 2 rings (SSSR count). The van der Waals surface area contributed by atoms with E-state index in [9.17, 15) is 9.59 Å². The van der Waals surface area contributed by atoms with Gasteiger partial charge in [0.2, 0.25) is 5.91 Å². The first-order chi connectivity index (χ1) is 8.59. The first-order valence-corrected chi connectivity index (χ1v) is 6.04. The van der Waals surface area contributed by atoms with Crippen molar-refractivity contribution in [2.24, 2.45) is 11.8 Å². The molecule has 0 aromatic carbocycles. The molecule has 2 N–H and O–H groups in total. The highest BCUT2D eigenvalue weighted by Crippen LogP contribution is 2.33. The Labute approximate surface area is 105 Å². The summed E-state index contributed by atoms with van der Waals surface area (Å²) in [5.41, 5.74) is 1.57. The van der Waals surface area contributed by atoms with Crippen LogP contribution in [-0.2, 0) is 9.59 Å². The highest BCUT2D eigenvalue weighted by molar-refractivity contribution is 5.95. The third kappa shape index (κ3) is 2.50. The van der Waals surface area contributed by atoms with Crippen LogP contribution in [-0.4, -0.2) is 22.0 Å². The molecule has 1 amide bonds. The summed E-state index contributed by atoms with van der Waals surface area (Å²) in [6.45, 7) is 1.88. The van der Waals surface area contributed by atoms with Crippen molar-refractivity contribution in [1.82, 2.24) is 4.98 Å². The maximum Gasteiger partial charge on any atom is 0.307 e. The number of nitrogens with zero attached hydrogens (tertiary/aromatic N) is 1. The minimum atomic E-state index is -0.879. The zero-order valence-corrected chi connectivity index (χ0v) is 10.2. The van der Waals surface area contributed by atoms with Crippen molar-refractivity contribution in [3.05, 3.63) is 24.0 Å². The van der Waals surface area contributed by atoms with Crippen molar-refractivity contribution >= 4 is 17.6 Å². The summed E-state index contributed by atoms with van der Waals surface area (Å²) >= 11 is 0. The average Bonchev–Trinajstić information content (AvgIpc) is 2.81. The summed E-state index contributed by atoms with van der Waals surface area (Å²) in [6.07, 6.45) is 5.25. The summed E-state index contributed by atoms with van der Waals surface area (Å²) < 4.78 is 0. The molecule has 0 saturated heterocycles. The number of hydrogen-bond donors (Lipinski definition) is 2. The van der Waals surface area contributed by atoms with Gasteiger partial charge in [-0.2, -0.15) is 0 Å². The van der Waals surface area contributed by atoms with Crippen LogP contribution in [0.2, 0.25) is 0 Å². The summed E-state index contributed by atoms with van der Waals surface area (Å²) in [4.78, 5) is 27.1. The number of carboxylic acid groups (broad SMARTS) is 1. The van der Waals surface area contributed by atoms with E-state index in [1.807, 2.05) is 6.92 Å². The van der Waals surface area contributed by atoms with E-state index in [0.717, 1.165) is 12.0 Å². The Morgan fingerprint density at radius 2 is 2.11 bits per heavy atom. The number of carbonyl (C=O) groups excluding carboxylic acids is 1. The Kier molecular flexibility index (Phi) is 3.60. The number of aryl methyl sites for hydroxylation is 1. The molecular formula is C13H16N2O3. The van der Waals surface area contributed by atoms with Gasteiger partial charge in [-0.05, 0) is 31.4 Å². The number of aliphatic carboxylic acids is 1. The zero-order valence-electron chi connectivity index (χ0n) is 10.2. The summed E-state index contributed by atoms with van der Waals surface area (Å²) in [5.74, 6) is -2.07. The van der Waals surface area contributed by atoms with Crippen molar-refractivity contribution in [3.8, 4) is 0 Å². The SMILES string of the molecule is Cc1ccncc1NC(=O)[C@@H]1CCC[C@@H]1C(=O)O. The smallest absolute Gasteiger partial charge is 0.307 e. The first kappa shape index (κ1) is 12.5. The van der Waals surface area contributed by atoms with Gasteiger partial charge < -0.3 is 10.4 Å². The maximum atomic E-state index is 12.1. The van der Waals surface area contributed by atoms with E-state index in [0.29, 0.717) is 18.5 Å². The molecule has 1 saturated carbocycles. The average molecular weight is 248 g/mol. The van der Waals surface area contributed by atoms with E-state index in [1.165, 1.54) is 0 Å². The van der Waals surface area contributed by atoms with Crippen LogP contribution >= 0.6 is 0 Å². The molecule has 0 bridgehead atoms. The molecular weight excluding hydrogens is 232 g/mol. The number of amides is 1. The summed E-state index contributed by atoms with van der Waals surface area (Å²) in [5, 5.41) is 11.8. The number of hydrogen-bond acceptors (Lipinski definition) is 3. The molecule has 1 aromatic heterocycles. The van der Waals surface area contributed by atoms with Crippen molar-refractivity contribution < 1.29 is 14.7 Å². The van der Waals surface area contributed by atoms with Gasteiger partial charge in [-0.15, -0.1) is 0 Å². The van der Waals surface area contributed by atoms with Gasteiger partial charge in [-0.3, -0.25) is 14.6 Å². The first-order valence-electron chi connectivity index (χ1n) is 6.04. The van der Waals surface area contributed by atoms with Gasteiger partial charge >= 0.3 is 5.97 Å². The molecule has 1 heterocycles. The normalized spacial score (nSPS) is 22.7. The van der Waals surface area contributed by atoms with Gasteiger partial charge in [0.15, 0.2) is 0 Å². The number of rotatable bonds is 3. The van der Waals surface area contributed by atoms with Crippen LogP contribution in [0, 0.1) is 18.8 Å². The lowest BCUT2D eigenvalue weighted by Gasteiger charge is -2.16. The molecule has 2 atom stereocenters. The zero-order chi connectivity index (χ0) is 13.1. The maximum absolute atomic E-state index is 12.1. The molecule has 96 valence electrons. The minimum Gasteiger partial charge on any atom is -0.481 e. The Morgan fingerprint density at radius 1 is 1.39 bits per heavy atom. The molecule has 0 spiro atoms. The van der Waals surface area contributed by atoms with E-state index in [1.54, 1.807) is 18.5 Å². The number of pyridine rings is 1. The van der Waals surface area contributed by atoms with Crippen molar-refractivity contribution in [1.29, 1.82) is 0 Å². The summed E-state index contributed by atoms with van der Waals surface area (Å²) in [7, 11) is 0. The van der Waals surface area contributed by atoms with E-state index in [4.69, 9.17) is 5.11 Å². The van der Waals surface area contributed by atoms with Crippen LogP contribution in [0.3, 0.4) is 0 Å². The molecule has 1 fully saturated rings. The van der Waals surface area contributed by atoms with Crippen LogP contribution in [0.25, 0.3) is 0 Å². The molecule has 0 aliphatic heterocycles. The Balaban J connectivity index is 2.08. The molecule has 18 heavy (non-hydrogen) atoms. The minimum absolute atomic E-state index is 0.212. The van der Waals surface area contributed by atoms with Crippen LogP contribution in [0.15, 0.2) is 18.5 Å². The van der Waals surface area contributed by atoms with Gasteiger partial charge in [0.25, 0.3) is 0 Å². The fraction of sp³-hybridized carbons (Fsp3) is 0.462. The van der Waals surface area contributed by atoms with E-state index < -0.39 is 17.8 Å². The van der Waals surface area contributed by atoms with Gasteiger partial charge in [-0.25, -0.2) is 0 Å². The van der Waals surface area contributed by atoms with Gasteiger partial charge in [0, 0.05) is 6.20 Å². The third-order valence-corrected chi connectivity index (χ3v) is 3.47. The topological polar surface area (TPSA) is 79.3 Å². The molecule has 1 aromatic rings. The molecule has 1 aliphatic rings. The fourth-order valence-electron chi connectivity index (χ4n) is 2.39. The monoisotopic (exact) mass is 248 g/mol. The Bertz CT molecular complexity index is 473. The number of anilines is 1. The second-order valence-corrected chi connectivity index (χ2v) is 4.66. The van der Waals surface area contributed by atoms with Crippen LogP contribution in [0.4, 0.5) is 5.69 Å². The molecule has 5 nitrogen and oxygen atoms in total. The number of carboxylic acids is 1. The second-order valence-electron chi connectivity index (χ2n) is 4.66. The number of nitrogens with one attached hydrogen (secondary N) is 1. The van der Waals surface area contributed by atoms with Crippen LogP contribution in [0.1, 0.15) is 24.8 Å². The lowest BCUT2D eigenvalue weighted by molar-refractivity contribution is -0.145. The van der Waals surface area contributed by atoms with E-state index in [-0.39, 0.29) is 5.91 Å². The lowest BCUT2D eigenvalue weighted by atomic mass is 9.95. The molecule has 5 heteroatoms. The molecule has 0 radical (unpaired) electrons. The molecule has 1 aliphatic carbocycles. The van der Waals surface area contributed by atoms with E-state index >= 15 is 0 Å². The quantitative estimate of drug-likeness (QED) is 0.855. The number of carbonyl (C=O) groups is 2. The lowest BCUT2D eigenvalue weighted by Crippen LogP contribution is -2.30. The van der Waals surface area contributed by atoms with Crippen molar-refractivity contribution in [2.45, 2.75) is 26.2 Å². The van der Waals surface area contributed by atoms with Gasteiger partial charge in [0.05, 0.1) is 23.7 Å². The van der Waals surface area contributed by atoms with Crippen molar-refractivity contribution in [2.75, 3.05) is 5.32 Å². The number of aromatic nitrogens is 1. The highest BCUT2D eigenvalue weighted by atomic mass is 16.4. The fourth-order valence-corrected chi connectivity index (χ4v) is 2.39. The summed E-state index contributed by atoms with van der Waals surface area (Å²) in [6, 6.07) is 1.80. The highest BCUT2D eigenvalue weighted by Gasteiger charge is 2.37. The van der Waals surface area contributed by atoms with Gasteiger partial charge in [-0.1, -0.05) is 6.42 Å². The third-order valence-electron chi connectivity index (χ3n) is 3.47. The van der Waals surface area contributed by atoms with Crippen molar-refractivity contribution in [3.63, 3.8) is 0 Å². The predicted octanol–water partition coefficient (Wildman–Crippen LogP) is 1.83. The second kappa shape index (κ2) is 5.16.